The summed E-state index contributed by atoms with van der Waals surface area (Å²) in [7, 11) is 0. The van der Waals surface area contributed by atoms with E-state index in [1.54, 1.807) is 0 Å². The molecule has 1 aliphatic heterocycles. The van der Waals surface area contributed by atoms with Crippen molar-refractivity contribution < 1.29 is 0 Å². The zero-order valence-corrected chi connectivity index (χ0v) is 10.4. The number of nitrogens with one attached hydrogen (secondary N) is 1. The summed E-state index contributed by atoms with van der Waals surface area (Å²) >= 11 is 0. The number of hydrogen-bond acceptors (Lipinski definition) is 5. The van der Waals surface area contributed by atoms with E-state index in [0.29, 0.717) is 11.9 Å². The van der Waals surface area contributed by atoms with Crippen molar-refractivity contribution in [1.29, 1.82) is 0 Å². The summed E-state index contributed by atoms with van der Waals surface area (Å²) in [6.45, 7) is 4.99. The van der Waals surface area contributed by atoms with Gasteiger partial charge >= 0.3 is 0 Å². The second-order valence-electron chi connectivity index (χ2n) is 4.67. The van der Waals surface area contributed by atoms with Gasteiger partial charge in [-0.25, -0.2) is 9.97 Å². The molecule has 5 heteroatoms. The average Bonchev–Trinajstić information content (AvgIpc) is 2.39. The Morgan fingerprint density at radius 1 is 1.28 bits per heavy atom. The third kappa shape index (κ3) is 1.86. The summed E-state index contributed by atoms with van der Waals surface area (Å²) in [6.07, 6.45) is 0. The van der Waals surface area contributed by atoms with Crippen LogP contribution in [0.5, 0.6) is 0 Å². The lowest BCUT2D eigenvalue weighted by atomic mass is 10.2. The Morgan fingerprint density at radius 2 is 2.00 bits per heavy atom. The van der Waals surface area contributed by atoms with Gasteiger partial charge < -0.3 is 16.0 Å². The van der Waals surface area contributed by atoms with Crippen molar-refractivity contribution >= 4 is 22.7 Å². The van der Waals surface area contributed by atoms with E-state index in [-0.39, 0.29) is 0 Å². The first-order valence-corrected chi connectivity index (χ1v) is 6.25. The second kappa shape index (κ2) is 4.42. The highest BCUT2D eigenvalue weighted by atomic mass is 15.3. The molecule has 1 aromatic carbocycles. The number of para-hydroxylation sites is 2. The van der Waals surface area contributed by atoms with Crippen molar-refractivity contribution in [3.8, 4) is 0 Å². The number of piperazine rings is 1. The van der Waals surface area contributed by atoms with E-state index in [2.05, 4.69) is 27.1 Å². The minimum absolute atomic E-state index is 0.386. The molecule has 3 rings (SSSR count). The van der Waals surface area contributed by atoms with E-state index in [1.165, 1.54) is 0 Å². The summed E-state index contributed by atoms with van der Waals surface area (Å²) in [4.78, 5) is 11.3. The van der Waals surface area contributed by atoms with Crippen LogP contribution in [0.25, 0.3) is 11.0 Å². The van der Waals surface area contributed by atoms with Gasteiger partial charge in [-0.1, -0.05) is 12.1 Å². The van der Waals surface area contributed by atoms with E-state index < -0.39 is 0 Å². The maximum Gasteiger partial charge on any atom is 0.172 e. The fourth-order valence-electron chi connectivity index (χ4n) is 2.37. The number of nitrogen functional groups attached to an aromatic ring is 1. The number of aromatic nitrogens is 2. The number of rotatable bonds is 1. The number of benzene rings is 1. The van der Waals surface area contributed by atoms with Crippen LogP contribution >= 0.6 is 0 Å². The zero-order chi connectivity index (χ0) is 12.5. The van der Waals surface area contributed by atoms with E-state index in [4.69, 9.17) is 5.73 Å². The fraction of sp³-hybridized carbons (Fsp3) is 0.385. The second-order valence-corrected chi connectivity index (χ2v) is 4.67. The van der Waals surface area contributed by atoms with Gasteiger partial charge in [0.25, 0.3) is 0 Å². The molecule has 0 spiro atoms. The van der Waals surface area contributed by atoms with Gasteiger partial charge in [-0.3, -0.25) is 0 Å². The molecular weight excluding hydrogens is 226 g/mol. The Hall–Kier alpha value is -1.88. The number of hydrogen-bond donors (Lipinski definition) is 2. The van der Waals surface area contributed by atoms with Crippen molar-refractivity contribution in [3.05, 3.63) is 24.3 Å². The minimum atomic E-state index is 0.386. The van der Waals surface area contributed by atoms with Gasteiger partial charge in [-0.15, -0.1) is 0 Å². The maximum atomic E-state index is 6.04. The third-order valence-corrected chi connectivity index (χ3v) is 3.35. The third-order valence-electron chi connectivity index (χ3n) is 3.35. The van der Waals surface area contributed by atoms with Crippen LogP contribution in [0.1, 0.15) is 6.92 Å². The van der Waals surface area contributed by atoms with Gasteiger partial charge in [0, 0.05) is 25.7 Å². The van der Waals surface area contributed by atoms with Crippen LogP contribution < -0.4 is 16.0 Å². The van der Waals surface area contributed by atoms with Gasteiger partial charge in [0.15, 0.2) is 11.6 Å². The van der Waals surface area contributed by atoms with Crippen LogP contribution in [0.2, 0.25) is 0 Å². The minimum Gasteiger partial charge on any atom is -0.381 e. The van der Waals surface area contributed by atoms with Crippen molar-refractivity contribution in [2.75, 3.05) is 30.3 Å². The molecule has 1 saturated heterocycles. The number of nitrogens with zero attached hydrogens (tertiary/aromatic N) is 3. The SMILES string of the molecule is C[C@H]1CNCCN1c1nc2ccccc2nc1N. The van der Waals surface area contributed by atoms with Gasteiger partial charge in [0.1, 0.15) is 0 Å². The molecular formula is C13H17N5. The summed E-state index contributed by atoms with van der Waals surface area (Å²) in [5, 5.41) is 3.36. The molecule has 94 valence electrons. The molecule has 0 unspecified atom stereocenters. The van der Waals surface area contributed by atoms with E-state index in [9.17, 15) is 0 Å². The summed E-state index contributed by atoms with van der Waals surface area (Å²) < 4.78 is 0. The molecule has 0 aliphatic carbocycles. The molecule has 3 N–H and O–H groups in total. The van der Waals surface area contributed by atoms with Crippen LogP contribution in [0.3, 0.4) is 0 Å². The highest BCUT2D eigenvalue weighted by molar-refractivity contribution is 5.79. The van der Waals surface area contributed by atoms with E-state index >= 15 is 0 Å². The molecule has 0 bridgehead atoms. The van der Waals surface area contributed by atoms with E-state index in [0.717, 1.165) is 36.5 Å². The van der Waals surface area contributed by atoms with Crippen LogP contribution in [-0.4, -0.2) is 35.6 Å². The van der Waals surface area contributed by atoms with Crippen LogP contribution in [0.15, 0.2) is 24.3 Å². The van der Waals surface area contributed by atoms with Crippen LogP contribution in [0, 0.1) is 0 Å². The maximum absolute atomic E-state index is 6.04. The Kier molecular flexibility index (Phi) is 2.76. The molecule has 18 heavy (non-hydrogen) atoms. The van der Waals surface area contributed by atoms with Crippen LogP contribution in [-0.2, 0) is 0 Å². The standard InChI is InChI=1S/C13H17N5/c1-9-8-15-6-7-18(9)13-12(14)16-10-4-2-3-5-11(10)17-13/h2-5,9,15H,6-8H2,1H3,(H2,14,16)/t9-/m0/s1. The predicted molar refractivity (Wildman–Crippen MR) is 73.6 cm³/mol. The van der Waals surface area contributed by atoms with Gasteiger partial charge in [0.05, 0.1) is 11.0 Å². The topological polar surface area (TPSA) is 67.1 Å². The van der Waals surface area contributed by atoms with Crippen molar-refractivity contribution in [2.24, 2.45) is 0 Å². The van der Waals surface area contributed by atoms with Crippen molar-refractivity contribution in [2.45, 2.75) is 13.0 Å². The lowest BCUT2D eigenvalue weighted by molar-refractivity contribution is 0.498. The predicted octanol–water partition coefficient (Wildman–Crippen LogP) is 1.01. The highest BCUT2D eigenvalue weighted by Gasteiger charge is 2.22. The van der Waals surface area contributed by atoms with Crippen LogP contribution in [0.4, 0.5) is 11.6 Å². The van der Waals surface area contributed by atoms with Crippen molar-refractivity contribution in [1.82, 2.24) is 15.3 Å². The first-order chi connectivity index (χ1) is 8.75. The molecule has 1 aromatic heterocycles. The lowest BCUT2D eigenvalue weighted by Gasteiger charge is -2.35. The molecule has 1 aliphatic rings. The summed E-state index contributed by atoms with van der Waals surface area (Å²) in [5.74, 6) is 1.32. The Bertz CT molecular complexity index is 568. The number of anilines is 2. The van der Waals surface area contributed by atoms with Gasteiger partial charge in [0.2, 0.25) is 0 Å². The first-order valence-electron chi connectivity index (χ1n) is 6.25. The molecule has 0 radical (unpaired) electrons. The molecule has 2 aromatic rings. The fourth-order valence-corrected chi connectivity index (χ4v) is 2.37. The quantitative estimate of drug-likeness (QED) is 0.782. The Balaban J connectivity index is 2.07. The molecule has 1 fully saturated rings. The van der Waals surface area contributed by atoms with E-state index in [1.807, 2.05) is 24.3 Å². The molecule has 0 saturated carbocycles. The number of nitrogens with two attached hydrogens (primary N) is 1. The molecule has 2 heterocycles. The Morgan fingerprint density at radius 3 is 2.72 bits per heavy atom. The largest absolute Gasteiger partial charge is 0.381 e. The summed E-state index contributed by atoms with van der Waals surface area (Å²) in [6, 6.07) is 8.21. The summed E-state index contributed by atoms with van der Waals surface area (Å²) in [5.41, 5.74) is 7.79. The normalized spacial score (nSPS) is 20.3. The van der Waals surface area contributed by atoms with Crippen molar-refractivity contribution in [3.63, 3.8) is 0 Å². The Labute approximate surface area is 106 Å². The van der Waals surface area contributed by atoms with Gasteiger partial charge in [-0.2, -0.15) is 0 Å². The monoisotopic (exact) mass is 243 g/mol. The lowest BCUT2D eigenvalue weighted by Crippen LogP contribution is -2.50. The average molecular weight is 243 g/mol. The molecule has 0 amide bonds. The smallest absolute Gasteiger partial charge is 0.172 e. The molecule has 5 nitrogen and oxygen atoms in total. The zero-order valence-electron chi connectivity index (χ0n) is 10.4. The molecule has 1 atom stereocenters. The first kappa shape index (κ1) is 11.2. The highest BCUT2D eigenvalue weighted by Crippen LogP contribution is 2.24. The van der Waals surface area contributed by atoms with Gasteiger partial charge in [-0.05, 0) is 19.1 Å². The number of fused-ring (bicyclic) bond motifs is 1.